The van der Waals surface area contributed by atoms with Crippen LogP contribution in [0.15, 0.2) is 48.5 Å². The quantitative estimate of drug-likeness (QED) is 0.748. The summed E-state index contributed by atoms with van der Waals surface area (Å²) < 4.78 is 0. The highest BCUT2D eigenvalue weighted by atomic mass is 15.1. The molecule has 0 bridgehead atoms. The van der Waals surface area contributed by atoms with E-state index in [0.717, 1.165) is 22.3 Å². The number of nitriles is 1. The van der Waals surface area contributed by atoms with Crippen molar-refractivity contribution in [2.45, 2.75) is 0 Å². The van der Waals surface area contributed by atoms with Crippen molar-refractivity contribution >= 4 is 28.4 Å². The molecule has 3 aromatic rings. The van der Waals surface area contributed by atoms with E-state index in [2.05, 4.69) is 16.0 Å². The van der Waals surface area contributed by atoms with Gasteiger partial charge in [0.25, 0.3) is 0 Å². The summed E-state index contributed by atoms with van der Waals surface area (Å²) in [5.41, 5.74) is 4.42. The Kier molecular flexibility index (Phi) is 3.63. The van der Waals surface area contributed by atoms with Crippen molar-refractivity contribution in [2.75, 3.05) is 19.0 Å². The Morgan fingerprint density at radius 1 is 1.14 bits per heavy atom. The third-order valence-electron chi connectivity index (χ3n) is 3.49. The molecule has 4 nitrogen and oxygen atoms in total. The lowest BCUT2D eigenvalue weighted by Crippen LogP contribution is -2.07. The van der Waals surface area contributed by atoms with Gasteiger partial charge in [-0.1, -0.05) is 24.3 Å². The van der Waals surface area contributed by atoms with Gasteiger partial charge in [-0.3, -0.25) is 0 Å². The molecule has 1 aromatic heterocycles. The number of allylic oxidation sites excluding steroid dienone is 1. The molecule has 0 fully saturated rings. The van der Waals surface area contributed by atoms with Gasteiger partial charge >= 0.3 is 0 Å². The van der Waals surface area contributed by atoms with E-state index in [1.54, 1.807) is 0 Å². The third kappa shape index (κ3) is 2.70. The van der Waals surface area contributed by atoms with E-state index in [0.29, 0.717) is 11.4 Å². The first-order valence-corrected chi connectivity index (χ1v) is 7.01. The molecule has 2 aromatic carbocycles. The lowest BCUT2D eigenvalue weighted by Gasteiger charge is -2.11. The fraction of sp³-hybridized carbons (Fsp3) is 0.111. The molecule has 108 valence electrons. The molecule has 0 radical (unpaired) electrons. The Bertz CT molecular complexity index is 831. The highest BCUT2D eigenvalue weighted by Crippen LogP contribution is 2.20. The zero-order valence-corrected chi connectivity index (χ0v) is 12.5. The maximum atomic E-state index is 9.42. The minimum absolute atomic E-state index is 0.522. The number of aromatic amines is 1. The predicted octanol–water partition coefficient (Wildman–Crippen LogP) is 3.69. The number of imidazole rings is 1. The molecular formula is C18H16N4. The van der Waals surface area contributed by atoms with Crippen molar-refractivity contribution in [3.05, 3.63) is 59.9 Å². The van der Waals surface area contributed by atoms with Crippen molar-refractivity contribution in [3.8, 4) is 6.07 Å². The second kappa shape index (κ2) is 5.74. The molecule has 4 heteroatoms. The smallest absolute Gasteiger partial charge is 0.149 e. The number of benzene rings is 2. The Balaban J connectivity index is 1.97. The Labute approximate surface area is 129 Å². The molecule has 0 saturated carbocycles. The zero-order chi connectivity index (χ0) is 15.5. The van der Waals surface area contributed by atoms with Gasteiger partial charge in [0.2, 0.25) is 0 Å². The number of fused-ring (bicyclic) bond motifs is 1. The Morgan fingerprint density at radius 3 is 2.50 bits per heavy atom. The van der Waals surface area contributed by atoms with Crippen LogP contribution in [-0.4, -0.2) is 24.1 Å². The number of anilines is 1. The molecule has 1 heterocycles. The molecule has 0 aliphatic carbocycles. The average molecular weight is 288 g/mol. The van der Waals surface area contributed by atoms with Crippen molar-refractivity contribution in [2.24, 2.45) is 0 Å². The summed E-state index contributed by atoms with van der Waals surface area (Å²) in [6, 6.07) is 18.0. The van der Waals surface area contributed by atoms with E-state index in [9.17, 15) is 5.26 Å². The molecule has 0 atom stereocenters. The topological polar surface area (TPSA) is 55.7 Å². The molecule has 0 spiro atoms. The summed E-state index contributed by atoms with van der Waals surface area (Å²) in [7, 11) is 4.00. The molecule has 1 N–H and O–H groups in total. The maximum absolute atomic E-state index is 9.42. The first-order valence-electron chi connectivity index (χ1n) is 7.01. The summed E-state index contributed by atoms with van der Waals surface area (Å²) in [5.74, 6) is 0.598. The monoisotopic (exact) mass is 288 g/mol. The second-order valence-corrected chi connectivity index (χ2v) is 5.26. The van der Waals surface area contributed by atoms with Crippen molar-refractivity contribution < 1.29 is 0 Å². The lowest BCUT2D eigenvalue weighted by atomic mass is 10.1. The zero-order valence-electron chi connectivity index (χ0n) is 12.5. The van der Waals surface area contributed by atoms with Crippen molar-refractivity contribution in [1.82, 2.24) is 9.97 Å². The second-order valence-electron chi connectivity index (χ2n) is 5.26. The van der Waals surface area contributed by atoms with Gasteiger partial charge in [-0.25, -0.2) is 4.98 Å². The van der Waals surface area contributed by atoms with Gasteiger partial charge in [0.05, 0.1) is 16.6 Å². The van der Waals surface area contributed by atoms with E-state index in [-0.39, 0.29) is 0 Å². The molecule has 22 heavy (non-hydrogen) atoms. The van der Waals surface area contributed by atoms with Gasteiger partial charge in [-0.05, 0) is 35.9 Å². The Morgan fingerprint density at radius 2 is 1.86 bits per heavy atom. The van der Waals surface area contributed by atoms with E-state index < -0.39 is 0 Å². The van der Waals surface area contributed by atoms with E-state index in [1.165, 1.54) is 0 Å². The number of hydrogen-bond donors (Lipinski definition) is 1. The van der Waals surface area contributed by atoms with Crippen LogP contribution < -0.4 is 4.90 Å². The summed E-state index contributed by atoms with van der Waals surface area (Å²) in [6.07, 6.45) is 1.84. The third-order valence-corrected chi connectivity index (χ3v) is 3.49. The normalized spacial score (nSPS) is 11.4. The van der Waals surface area contributed by atoms with Gasteiger partial charge in [-0.15, -0.1) is 0 Å². The summed E-state index contributed by atoms with van der Waals surface area (Å²) in [5, 5.41) is 9.42. The number of hydrogen-bond acceptors (Lipinski definition) is 3. The molecular weight excluding hydrogens is 272 g/mol. The minimum Gasteiger partial charge on any atom is -0.378 e. The van der Waals surface area contributed by atoms with Gasteiger partial charge in [0.1, 0.15) is 11.9 Å². The van der Waals surface area contributed by atoms with Crippen LogP contribution in [0.25, 0.3) is 22.7 Å². The van der Waals surface area contributed by atoms with Gasteiger partial charge < -0.3 is 9.88 Å². The predicted molar refractivity (Wildman–Crippen MR) is 90.3 cm³/mol. The Hall–Kier alpha value is -3.06. The van der Waals surface area contributed by atoms with E-state index >= 15 is 0 Å². The van der Waals surface area contributed by atoms with Gasteiger partial charge in [0.15, 0.2) is 0 Å². The van der Waals surface area contributed by atoms with Crippen LogP contribution in [0.1, 0.15) is 11.4 Å². The SMILES string of the molecule is CN(C)c1ccc(/C=C(/C#N)c2nc3ccccc3[nH]2)cc1. The standard InChI is InChI=1S/C18H16N4/c1-22(2)15-9-7-13(8-10-15)11-14(12-19)18-20-16-5-3-4-6-17(16)21-18/h3-11H,1-2H3,(H,20,21)/b14-11-. The molecule has 3 rings (SSSR count). The minimum atomic E-state index is 0.522. The van der Waals surface area contributed by atoms with Crippen LogP contribution in [0.5, 0.6) is 0 Å². The summed E-state index contributed by atoms with van der Waals surface area (Å²) in [6.45, 7) is 0. The van der Waals surface area contributed by atoms with Crippen LogP contribution in [0.4, 0.5) is 5.69 Å². The molecule has 0 amide bonds. The van der Waals surface area contributed by atoms with Crippen molar-refractivity contribution in [1.29, 1.82) is 5.26 Å². The number of nitrogens with zero attached hydrogens (tertiary/aromatic N) is 3. The summed E-state index contributed by atoms with van der Waals surface area (Å²) >= 11 is 0. The highest BCUT2D eigenvalue weighted by molar-refractivity contribution is 5.90. The molecule has 0 aliphatic rings. The molecule has 0 aliphatic heterocycles. The van der Waals surface area contributed by atoms with Gasteiger partial charge in [0, 0.05) is 19.8 Å². The van der Waals surface area contributed by atoms with Crippen molar-refractivity contribution in [3.63, 3.8) is 0 Å². The van der Waals surface area contributed by atoms with Gasteiger partial charge in [-0.2, -0.15) is 5.26 Å². The first-order chi connectivity index (χ1) is 10.7. The number of para-hydroxylation sites is 2. The number of nitrogens with one attached hydrogen (secondary N) is 1. The van der Waals surface area contributed by atoms with Crippen LogP contribution >= 0.6 is 0 Å². The maximum Gasteiger partial charge on any atom is 0.149 e. The first kappa shape index (κ1) is 13.9. The molecule has 0 unspecified atom stereocenters. The number of aromatic nitrogens is 2. The number of H-pyrrole nitrogens is 1. The fourth-order valence-corrected chi connectivity index (χ4v) is 2.27. The lowest BCUT2D eigenvalue weighted by molar-refractivity contribution is 1.13. The van der Waals surface area contributed by atoms with Crippen LogP contribution in [0.3, 0.4) is 0 Å². The number of rotatable bonds is 3. The largest absolute Gasteiger partial charge is 0.378 e. The highest BCUT2D eigenvalue weighted by Gasteiger charge is 2.07. The van der Waals surface area contributed by atoms with Crippen LogP contribution in [0.2, 0.25) is 0 Å². The van der Waals surface area contributed by atoms with E-state index in [4.69, 9.17) is 0 Å². The van der Waals surface area contributed by atoms with Crippen LogP contribution in [0, 0.1) is 11.3 Å². The van der Waals surface area contributed by atoms with E-state index in [1.807, 2.05) is 73.6 Å². The molecule has 0 saturated heterocycles. The average Bonchev–Trinajstić information content (AvgIpc) is 2.96. The van der Waals surface area contributed by atoms with Crippen LogP contribution in [-0.2, 0) is 0 Å². The fourth-order valence-electron chi connectivity index (χ4n) is 2.27. The summed E-state index contributed by atoms with van der Waals surface area (Å²) in [4.78, 5) is 9.70.